The average Bonchev–Trinajstić information content (AvgIpc) is 2.73. The van der Waals surface area contributed by atoms with Crippen molar-refractivity contribution in [3.63, 3.8) is 0 Å². The van der Waals surface area contributed by atoms with Gasteiger partial charge in [0.2, 0.25) is 0 Å². The Labute approximate surface area is 133 Å². The van der Waals surface area contributed by atoms with Crippen LogP contribution in [0.2, 0.25) is 0 Å². The van der Waals surface area contributed by atoms with E-state index < -0.39 is 5.82 Å². The second-order valence-electron chi connectivity index (χ2n) is 5.08. The molecule has 0 unspecified atom stereocenters. The highest BCUT2D eigenvalue weighted by molar-refractivity contribution is 9.10. The van der Waals surface area contributed by atoms with E-state index >= 15 is 0 Å². The summed E-state index contributed by atoms with van der Waals surface area (Å²) in [5.41, 5.74) is 0.134. The smallest absolute Gasteiger partial charge is 0.256 e. The maximum absolute atomic E-state index is 14.0. The number of halogens is 2. The van der Waals surface area contributed by atoms with Crippen molar-refractivity contribution in [3.8, 4) is 0 Å². The van der Waals surface area contributed by atoms with Gasteiger partial charge in [0.15, 0.2) is 0 Å². The van der Waals surface area contributed by atoms with E-state index in [-0.39, 0.29) is 11.5 Å². The number of carbonyl (C=O) groups excluding carboxylic acids is 1. The van der Waals surface area contributed by atoms with Crippen LogP contribution in [-0.4, -0.2) is 62.1 Å². The van der Waals surface area contributed by atoms with Gasteiger partial charge in [0, 0.05) is 33.3 Å². The molecule has 4 nitrogen and oxygen atoms in total. The normalized spacial score (nSPS) is 16.8. The summed E-state index contributed by atoms with van der Waals surface area (Å²) in [4.78, 5) is 16.5. The Hall–Kier alpha value is -0.980. The van der Waals surface area contributed by atoms with E-state index in [4.69, 9.17) is 4.74 Å². The van der Waals surface area contributed by atoms with Gasteiger partial charge in [-0.25, -0.2) is 4.39 Å². The molecule has 21 heavy (non-hydrogen) atoms. The molecule has 1 aromatic carbocycles. The standard InChI is InChI=1S/C15H20BrFN2O2/c1-21-11-10-18-6-3-7-19(9-8-18)15(20)12-4-2-5-13(16)14(12)17/h2,4-5H,3,6-11H2,1H3. The average molecular weight is 359 g/mol. The first-order valence-electron chi connectivity index (χ1n) is 7.08. The third kappa shape index (κ3) is 4.25. The van der Waals surface area contributed by atoms with Crippen LogP contribution in [0.5, 0.6) is 0 Å². The van der Waals surface area contributed by atoms with Gasteiger partial charge >= 0.3 is 0 Å². The molecule has 1 heterocycles. The summed E-state index contributed by atoms with van der Waals surface area (Å²) in [5.74, 6) is -0.717. The minimum Gasteiger partial charge on any atom is -0.383 e. The fraction of sp³-hybridized carbons (Fsp3) is 0.533. The molecular formula is C15H20BrFN2O2. The molecule has 1 aliphatic rings. The van der Waals surface area contributed by atoms with E-state index in [2.05, 4.69) is 20.8 Å². The fourth-order valence-corrected chi connectivity index (χ4v) is 2.82. The Morgan fingerprint density at radius 1 is 1.33 bits per heavy atom. The van der Waals surface area contributed by atoms with Crippen LogP contribution in [-0.2, 0) is 4.74 Å². The van der Waals surface area contributed by atoms with E-state index in [1.807, 2.05) is 0 Å². The van der Waals surface area contributed by atoms with E-state index in [1.54, 1.807) is 24.1 Å². The minimum atomic E-state index is -0.483. The van der Waals surface area contributed by atoms with Crippen LogP contribution in [0.1, 0.15) is 16.8 Å². The summed E-state index contributed by atoms with van der Waals surface area (Å²) >= 11 is 3.12. The summed E-state index contributed by atoms with van der Waals surface area (Å²) in [5, 5.41) is 0. The van der Waals surface area contributed by atoms with Gasteiger partial charge in [-0.15, -0.1) is 0 Å². The lowest BCUT2D eigenvalue weighted by Crippen LogP contribution is -2.36. The molecular weight excluding hydrogens is 339 g/mol. The molecule has 1 aromatic rings. The van der Waals surface area contributed by atoms with Crippen molar-refractivity contribution < 1.29 is 13.9 Å². The number of ether oxygens (including phenoxy) is 1. The molecule has 2 rings (SSSR count). The van der Waals surface area contributed by atoms with Crippen molar-refractivity contribution in [1.29, 1.82) is 0 Å². The molecule has 0 aliphatic carbocycles. The molecule has 1 aliphatic heterocycles. The monoisotopic (exact) mass is 358 g/mol. The van der Waals surface area contributed by atoms with E-state index in [0.717, 1.165) is 26.1 Å². The van der Waals surface area contributed by atoms with Crippen molar-refractivity contribution in [2.24, 2.45) is 0 Å². The van der Waals surface area contributed by atoms with Crippen LogP contribution in [0, 0.1) is 5.82 Å². The van der Waals surface area contributed by atoms with Crippen LogP contribution < -0.4 is 0 Å². The molecule has 1 amide bonds. The highest BCUT2D eigenvalue weighted by atomic mass is 79.9. The minimum absolute atomic E-state index is 0.134. The lowest BCUT2D eigenvalue weighted by atomic mass is 10.2. The van der Waals surface area contributed by atoms with Gasteiger partial charge in [0.25, 0.3) is 5.91 Å². The second-order valence-corrected chi connectivity index (χ2v) is 5.94. The Morgan fingerprint density at radius 2 is 2.14 bits per heavy atom. The van der Waals surface area contributed by atoms with Crippen molar-refractivity contribution in [2.75, 3.05) is 46.4 Å². The Bertz CT molecular complexity index is 499. The lowest BCUT2D eigenvalue weighted by molar-refractivity contribution is 0.0754. The Kier molecular flexibility index (Phi) is 6.14. The predicted molar refractivity (Wildman–Crippen MR) is 82.9 cm³/mol. The molecule has 0 bridgehead atoms. The number of benzene rings is 1. The molecule has 0 aromatic heterocycles. The molecule has 116 valence electrons. The van der Waals surface area contributed by atoms with Crippen LogP contribution in [0.15, 0.2) is 22.7 Å². The predicted octanol–water partition coefficient (Wildman–Crippen LogP) is 2.38. The third-order valence-electron chi connectivity index (χ3n) is 3.67. The maximum Gasteiger partial charge on any atom is 0.256 e. The number of hydrogen-bond acceptors (Lipinski definition) is 3. The van der Waals surface area contributed by atoms with Gasteiger partial charge in [-0.1, -0.05) is 6.07 Å². The molecule has 0 saturated carbocycles. The van der Waals surface area contributed by atoms with Crippen LogP contribution in [0.3, 0.4) is 0 Å². The first kappa shape index (κ1) is 16.4. The zero-order valence-corrected chi connectivity index (χ0v) is 13.7. The van der Waals surface area contributed by atoms with Crippen LogP contribution in [0.4, 0.5) is 4.39 Å². The second kappa shape index (κ2) is 7.87. The third-order valence-corrected chi connectivity index (χ3v) is 4.28. The largest absolute Gasteiger partial charge is 0.383 e. The quantitative estimate of drug-likeness (QED) is 0.828. The van der Waals surface area contributed by atoms with Crippen molar-refractivity contribution >= 4 is 21.8 Å². The van der Waals surface area contributed by atoms with Crippen molar-refractivity contribution in [3.05, 3.63) is 34.1 Å². The van der Waals surface area contributed by atoms with Crippen LogP contribution >= 0.6 is 15.9 Å². The van der Waals surface area contributed by atoms with Gasteiger partial charge in [0.05, 0.1) is 16.6 Å². The molecule has 6 heteroatoms. The Balaban J connectivity index is 2.01. The number of methoxy groups -OCH3 is 1. The van der Waals surface area contributed by atoms with Gasteiger partial charge in [0.1, 0.15) is 5.82 Å². The topological polar surface area (TPSA) is 32.8 Å². The zero-order valence-electron chi connectivity index (χ0n) is 12.1. The van der Waals surface area contributed by atoms with Gasteiger partial charge in [-0.2, -0.15) is 0 Å². The summed E-state index contributed by atoms with van der Waals surface area (Å²) in [6.45, 7) is 4.57. The van der Waals surface area contributed by atoms with Gasteiger partial charge < -0.3 is 9.64 Å². The van der Waals surface area contributed by atoms with Gasteiger partial charge in [-0.3, -0.25) is 9.69 Å². The molecule has 0 radical (unpaired) electrons. The highest BCUT2D eigenvalue weighted by Crippen LogP contribution is 2.20. The summed E-state index contributed by atoms with van der Waals surface area (Å²) in [6, 6.07) is 4.82. The van der Waals surface area contributed by atoms with Crippen molar-refractivity contribution in [2.45, 2.75) is 6.42 Å². The molecule has 0 spiro atoms. The number of amides is 1. The zero-order chi connectivity index (χ0) is 15.2. The first-order chi connectivity index (χ1) is 10.1. The summed E-state index contributed by atoms with van der Waals surface area (Å²) < 4.78 is 19.4. The van der Waals surface area contributed by atoms with E-state index in [9.17, 15) is 9.18 Å². The number of rotatable bonds is 4. The fourth-order valence-electron chi connectivity index (χ4n) is 2.46. The number of nitrogens with zero attached hydrogens (tertiary/aromatic N) is 2. The summed E-state index contributed by atoms with van der Waals surface area (Å²) in [7, 11) is 1.68. The molecule has 0 atom stereocenters. The van der Waals surface area contributed by atoms with Crippen molar-refractivity contribution in [1.82, 2.24) is 9.80 Å². The molecule has 1 fully saturated rings. The summed E-state index contributed by atoms with van der Waals surface area (Å²) in [6.07, 6.45) is 0.894. The van der Waals surface area contributed by atoms with E-state index in [0.29, 0.717) is 24.2 Å². The van der Waals surface area contributed by atoms with E-state index in [1.165, 1.54) is 6.07 Å². The Morgan fingerprint density at radius 3 is 2.90 bits per heavy atom. The molecule has 0 N–H and O–H groups in total. The maximum atomic E-state index is 14.0. The van der Waals surface area contributed by atoms with Crippen LogP contribution in [0.25, 0.3) is 0 Å². The highest BCUT2D eigenvalue weighted by Gasteiger charge is 2.23. The number of hydrogen-bond donors (Lipinski definition) is 0. The van der Waals surface area contributed by atoms with Gasteiger partial charge in [-0.05, 0) is 41.0 Å². The number of carbonyl (C=O) groups is 1. The lowest BCUT2D eigenvalue weighted by Gasteiger charge is -2.22. The first-order valence-corrected chi connectivity index (χ1v) is 7.87. The SMILES string of the molecule is COCCN1CCCN(C(=O)c2cccc(Br)c2F)CC1. The molecule has 1 saturated heterocycles.